The first kappa shape index (κ1) is 24.3. The molecule has 1 aliphatic rings. The topological polar surface area (TPSA) is 34.5 Å². The van der Waals surface area contributed by atoms with Crippen LogP contribution in [0.2, 0.25) is 0 Å². The van der Waals surface area contributed by atoms with Crippen LogP contribution in [0.15, 0.2) is 78.9 Å². The molecule has 0 spiro atoms. The standard InChI is InChI=1S/C32H36N2O2/c1-23(27-9-5-4-6-10-27)33-19-17-26(18-20-33)22-34-24(2)30(29-11-7-8-12-31(29)34)21-25-13-15-28(16-14-25)32(35)36-3/h4-16,23,26H,17-22H2,1-3H3. The predicted molar refractivity (Wildman–Crippen MR) is 146 cm³/mol. The van der Waals surface area contributed by atoms with E-state index in [9.17, 15) is 4.79 Å². The quantitative estimate of drug-likeness (QED) is 0.273. The van der Waals surface area contributed by atoms with Crippen molar-refractivity contribution in [1.29, 1.82) is 0 Å². The van der Waals surface area contributed by atoms with E-state index in [4.69, 9.17) is 4.74 Å². The Hall–Kier alpha value is -3.37. The number of nitrogens with zero attached hydrogens (tertiary/aromatic N) is 2. The second kappa shape index (κ2) is 10.7. The minimum absolute atomic E-state index is 0.293. The highest BCUT2D eigenvalue weighted by Crippen LogP contribution is 2.32. The minimum Gasteiger partial charge on any atom is -0.465 e. The van der Waals surface area contributed by atoms with E-state index in [1.54, 1.807) is 0 Å². The number of carbonyl (C=O) groups is 1. The maximum Gasteiger partial charge on any atom is 0.337 e. The molecular formula is C32H36N2O2. The number of benzene rings is 3. The number of esters is 1. The number of likely N-dealkylation sites (tertiary alicyclic amines) is 1. The number of para-hydroxylation sites is 1. The molecular weight excluding hydrogens is 444 g/mol. The SMILES string of the molecule is COC(=O)c1ccc(Cc2c(C)n(CC3CCN(C(C)c4ccccc4)CC3)c3ccccc23)cc1. The van der Waals surface area contributed by atoms with E-state index in [0.29, 0.717) is 17.5 Å². The van der Waals surface area contributed by atoms with Crippen molar-refractivity contribution in [2.75, 3.05) is 20.2 Å². The van der Waals surface area contributed by atoms with Crippen LogP contribution in [0, 0.1) is 12.8 Å². The lowest BCUT2D eigenvalue weighted by molar-refractivity contribution is 0.0600. The second-order valence-corrected chi connectivity index (χ2v) is 10.1. The van der Waals surface area contributed by atoms with Crippen molar-refractivity contribution in [2.24, 2.45) is 5.92 Å². The summed E-state index contributed by atoms with van der Waals surface area (Å²) in [4.78, 5) is 14.4. The fraction of sp³-hybridized carbons (Fsp3) is 0.344. The maximum atomic E-state index is 11.8. The number of methoxy groups -OCH3 is 1. The molecule has 4 aromatic rings. The van der Waals surface area contributed by atoms with Crippen LogP contribution in [0.4, 0.5) is 0 Å². The average molecular weight is 481 g/mol. The van der Waals surface area contributed by atoms with Gasteiger partial charge in [0, 0.05) is 29.2 Å². The van der Waals surface area contributed by atoms with Crippen LogP contribution >= 0.6 is 0 Å². The van der Waals surface area contributed by atoms with E-state index in [-0.39, 0.29) is 5.97 Å². The van der Waals surface area contributed by atoms with Gasteiger partial charge < -0.3 is 9.30 Å². The van der Waals surface area contributed by atoms with Crippen molar-refractivity contribution < 1.29 is 9.53 Å². The Labute approximate surface area is 214 Å². The van der Waals surface area contributed by atoms with Crippen molar-refractivity contribution in [2.45, 2.75) is 45.7 Å². The molecule has 1 fully saturated rings. The fourth-order valence-electron chi connectivity index (χ4n) is 5.77. The summed E-state index contributed by atoms with van der Waals surface area (Å²) in [5.41, 5.74) is 7.27. The highest BCUT2D eigenvalue weighted by molar-refractivity contribution is 5.89. The van der Waals surface area contributed by atoms with Crippen molar-refractivity contribution >= 4 is 16.9 Å². The lowest BCUT2D eigenvalue weighted by Crippen LogP contribution is -2.36. The molecule has 1 atom stereocenters. The lowest BCUT2D eigenvalue weighted by Gasteiger charge is -2.36. The molecule has 0 bridgehead atoms. The Bertz CT molecular complexity index is 1320. The van der Waals surface area contributed by atoms with Gasteiger partial charge in [-0.2, -0.15) is 0 Å². The van der Waals surface area contributed by atoms with Crippen LogP contribution in [-0.2, 0) is 17.7 Å². The molecule has 1 saturated heterocycles. The summed E-state index contributed by atoms with van der Waals surface area (Å²) in [6, 6.07) is 28.0. The Kier molecular flexibility index (Phi) is 7.24. The highest BCUT2D eigenvalue weighted by atomic mass is 16.5. The fourth-order valence-corrected chi connectivity index (χ4v) is 5.77. The summed E-state index contributed by atoms with van der Waals surface area (Å²) in [7, 11) is 1.42. The molecule has 3 aromatic carbocycles. The average Bonchev–Trinajstić information content (AvgIpc) is 3.19. The first-order valence-corrected chi connectivity index (χ1v) is 13.1. The third-order valence-electron chi connectivity index (χ3n) is 8.04. The molecule has 1 aliphatic heterocycles. The molecule has 4 heteroatoms. The summed E-state index contributed by atoms with van der Waals surface area (Å²) in [6.45, 7) is 7.98. The Morgan fingerprint density at radius 2 is 1.61 bits per heavy atom. The van der Waals surface area contributed by atoms with Gasteiger partial charge in [0.25, 0.3) is 0 Å². The number of aromatic nitrogens is 1. The molecule has 1 unspecified atom stereocenters. The minimum atomic E-state index is -0.293. The van der Waals surface area contributed by atoms with Crippen molar-refractivity contribution in [3.05, 3.63) is 107 Å². The van der Waals surface area contributed by atoms with Crippen LogP contribution in [0.25, 0.3) is 10.9 Å². The lowest BCUT2D eigenvalue weighted by atomic mass is 9.94. The van der Waals surface area contributed by atoms with Crippen LogP contribution < -0.4 is 0 Å². The van der Waals surface area contributed by atoms with Crippen LogP contribution in [-0.4, -0.2) is 35.6 Å². The molecule has 0 amide bonds. The molecule has 0 radical (unpaired) electrons. The van der Waals surface area contributed by atoms with Gasteiger partial charge in [-0.1, -0.05) is 60.7 Å². The van der Waals surface area contributed by atoms with Gasteiger partial charge in [-0.3, -0.25) is 4.90 Å². The first-order valence-electron chi connectivity index (χ1n) is 13.1. The molecule has 0 N–H and O–H groups in total. The van der Waals surface area contributed by atoms with E-state index >= 15 is 0 Å². The number of piperidine rings is 1. The van der Waals surface area contributed by atoms with E-state index in [2.05, 4.69) is 77.9 Å². The third-order valence-corrected chi connectivity index (χ3v) is 8.04. The second-order valence-electron chi connectivity index (χ2n) is 10.1. The Morgan fingerprint density at radius 3 is 2.31 bits per heavy atom. The Balaban J connectivity index is 1.31. The van der Waals surface area contributed by atoms with Crippen molar-refractivity contribution in [3.63, 3.8) is 0 Å². The van der Waals surface area contributed by atoms with Gasteiger partial charge in [-0.05, 0) is 87.0 Å². The van der Waals surface area contributed by atoms with E-state index in [1.807, 2.05) is 24.3 Å². The summed E-state index contributed by atoms with van der Waals surface area (Å²) < 4.78 is 7.39. The predicted octanol–water partition coefficient (Wildman–Crippen LogP) is 6.80. The third kappa shape index (κ3) is 4.96. The van der Waals surface area contributed by atoms with E-state index in [1.165, 1.54) is 53.2 Å². The molecule has 0 aliphatic carbocycles. The normalized spacial score (nSPS) is 15.8. The summed E-state index contributed by atoms with van der Waals surface area (Å²) >= 11 is 0. The van der Waals surface area contributed by atoms with Crippen molar-refractivity contribution in [1.82, 2.24) is 9.47 Å². The van der Waals surface area contributed by atoms with Gasteiger partial charge in [-0.15, -0.1) is 0 Å². The molecule has 1 aromatic heterocycles. The molecule has 36 heavy (non-hydrogen) atoms. The van der Waals surface area contributed by atoms with Crippen molar-refractivity contribution in [3.8, 4) is 0 Å². The van der Waals surface area contributed by atoms with Crippen LogP contribution in [0.3, 0.4) is 0 Å². The maximum absolute atomic E-state index is 11.8. The number of ether oxygens (including phenoxy) is 1. The van der Waals surface area contributed by atoms with Gasteiger partial charge in [0.1, 0.15) is 0 Å². The van der Waals surface area contributed by atoms with Crippen LogP contribution in [0.1, 0.15) is 58.5 Å². The zero-order chi connectivity index (χ0) is 25.1. The number of hydrogen-bond acceptors (Lipinski definition) is 3. The number of carbonyl (C=O) groups excluding carboxylic acids is 1. The smallest absolute Gasteiger partial charge is 0.337 e. The van der Waals surface area contributed by atoms with E-state index < -0.39 is 0 Å². The summed E-state index contributed by atoms with van der Waals surface area (Å²) in [6.07, 6.45) is 3.31. The van der Waals surface area contributed by atoms with E-state index in [0.717, 1.165) is 26.1 Å². The first-order chi connectivity index (χ1) is 17.5. The van der Waals surface area contributed by atoms with Crippen LogP contribution in [0.5, 0.6) is 0 Å². The number of rotatable bonds is 7. The summed E-state index contributed by atoms with van der Waals surface area (Å²) in [5.74, 6) is 0.393. The molecule has 0 saturated carbocycles. The number of fused-ring (bicyclic) bond motifs is 1. The molecule has 5 rings (SSSR count). The molecule has 4 nitrogen and oxygen atoms in total. The Morgan fingerprint density at radius 1 is 0.944 bits per heavy atom. The zero-order valence-corrected chi connectivity index (χ0v) is 21.6. The highest BCUT2D eigenvalue weighted by Gasteiger charge is 2.25. The van der Waals surface area contributed by atoms with Gasteiger partial charge in [-0.25, -0.2) is 4.79 Å². The van der Waals surface area contributed by atoms with Gasteiger partial charge in [0.05, 0.1) is 12.7 Å². The van der Waals surface area contributed by atoms with Gasteiger partial charge >= 0.3 is 5.97 Å². The number of hydrogen-bond donors (Lipinski definition) is 0. The summed E-state index contributed by atoms with van der Waals surface area (Å²) in [5, 5.41) is 1.34. The zero-order valence-electron chi connectivity index (χ0n) is 21.6. The van der Waals surface area contributed by atoms with Gasteiger partial charge in [0.15, 0.2) is 0 Å². The molecule has 186 valence electrons. The largest absolute Gasteiger partial charge is 0.465 e. The monoisotopic (exact) mass is 480 g/mol. The van der Waals surface area contributed by atoms with Gasteiger partial charge in [0.2, 0.25) is 0 Å². The molecule has 2 heterocycles.